The van der Waals surface area contributed by atoms with Gasteiger partial charge >= 0.3 is 0 Å². The van der Waals surface area contributed by atoms with Crippen molar-refractivity contribution in [1.29, 1.82) is 0 Å². The van der Waals surface area contributed by atoms with Gasteiger partial charge in [0.25, 0.3) is 0 Å². The lowest BCUT2D eigenvalue weighted by atomic mass is 10.1. The Balaban J connectivity index is 1.06. The van der Waals surface area contributed by atoms with Gasteiger partial charge < -0.3 is 14.6 Å². The van der Waals surface area contributed by atoms with Crippen molar-refractivity contribution < 1.29 is 5.11 Å². The van der Waals surface area contributed by atoms with Crippen molar-refractivity contribution in [3.8, 4) is 5.75 Å². The minimum absolute atomic E-state index is 0.393. The average Bonchev–Trinajstić information content (AvgIpc) is 3.16. The smallest absolute Gasteiger partial charge is 0.138 e. The molecule has 0 spiro atoms. The summed E-state index contributed by atoms with van der Waals surface area (Å²) < 4.78 is 2.50. The number of aryl methyl sites for hydroxylation is 1. The molecule has 2 heterocycles. The molecule has 1 aliphatic rings. The SMILES string of the molecule is Oc1ccccc1N1CCN(CCCCCCn2c3ccccc3c3ccccc32)CC1. The van der Waals surface area contributed by atoms with Gasteiger partial charge in [0, 0.05) is 54.5 Å². The van der Waals surface area contributed by atoms with Crippen LogP contribution < -0.4 is 4.90 Å². The highest BCUT2D eigenvalue weighted by molar-refractivity contribution is 6.07. The molecular formula is C28H33N3O. The monoisotopic (exact) mass is 427 g/mol. The second kappa shape index (κ2) is 9.66. The zero-order chi connectivity index (χ0) is 21.8. The van der Waals surface area contributed by atoms with E-state index in [0.717, 1.165) is 38.4 Å². The van der Waals surface area contributed by atoms with Crippen molar-refractivity contribution in [1.82, 2.24) is 9.47 Å². The molecule has 3 aromatic carbocycles. The first-order chi connectivity index (χ1) is 15.8. The first-order valence-electron chi connectivity index (χ1n) is 12.0. The minimum atomic E-state index is 0.393. The zero-order valence-corrected chi connectivity index (χ0v) is 18.8. The Hall–Kier alpha value is -2.98. The van der Waals surface area contributed by atoms with Crippen LogP contribution in [-0.2, 0) is 6.54 Å². The topological polar surface area (TPSA) is 31.6 Å². The lowest BCUT2D eigenvalue weighted by Crippen LogP contribution is -2.46. The third kappa shape index (κ3) is 4.33. The largest absolute Gasteiger partial charge is 0.506 e. The van der Waals surface area contributed by atoms with Crippen LogP contribution in [0, 0.1) is 0 Å². The first-order valence-corrected chi connectivity index (χ1v) is 12.0. The molecular weight excluding hydrogens is 394 g/mol. The fourth-order valence-corrected chi connectivity index (χ4v) is 5.15. The number of hydrogen-bond donors (Lipinski definition) is 1. The number of unbranched alkanes of at least 4 members (excludes halogenated alkanes) is 3. The third-order valence-electron chi connectivity index (χ3n) is 6.88. The predicted octanol–water partition coefficient (Wildman–Crippen LogP) is 5.88. The van der Waals surface area contributed by atoms with E-state index in [1.807, 2.05) is 18.2 Å². The van der Waals surface area contributed by atoms with Crippen molar-refractivity contribution in [2.24, 2.45) is 0 Å². The number of nitrogens with zero attached hydrogens (tertiary/aromatic N) is 3. The molecule has 1 aliphatic heterocycles. The predicted molar refractivity (Wildman–Crippen MR) is 135 cm³/mol. The van der Waals surface area contributed by atoms with E-state index in [0.29, 0.717) is 5.75 Å². The fraction of sp³-hybridized carbons (Fsp3) is 0.357. The molecule has 1 N–H and O–H groups in total. The van der Waals surface area contributed by atoms with Gasteiger partial charge in [-0.3, -0.25) is 4.90 Å². The van der Waals surface area contributed by atoms with Gasteiger partial charge in [-0.2, -0.15) is 0 Å². The molecule has 1 fully saturated rings. The van der Waals surface area contributed by atoms with Crippen LogP contribution in [0.5, 0.6) is 5.75 Å². The minimum Gasteiger partial charge on any atom is -0.506 e. The van der Waals surface area contributed by atoms with Crippen LogP contribution in [0.3, 0.4) is 0 Å². The lowest BCUT2D eigenvalue weighted by Gasteiger charge is -2.36. The number of rotatable bonds is 8. The Morgan fingerprint density at radius 3 is 1.81 bits per heavy atom. The van der Waals surface area contributed by atoms with Crippen LogP contribution in [0.2, 0.25) is 0 Å². The van der Waals surface area contributed by atoms with E-state index in [2.05, 4.69) is 62.9 Å². The second-order valence-corrected chi connectivity index (χ2v) is 8.92. The first kappa shape index (κ1) is 20.9. The van der Waals surface area contributed by atoms with Crippen molar-refractivity contribution in [2.45, 2.75) is 32.2 Å². The summed E-state index contributed by atoms with van der Waals surface area (Å²) in [5.74, 6) is 0.393. The molecule has 1 saturated heterocycles. The summed E-state index contributed by atoms with van der Waals surface area (Å²) in [7, 11) is 0. The van der Waals surface area contributed by atoms with Gasteiger partial charge in [0.1, 0.15) is 5.75 Å². The summed E-state index contributed by atoms with van der Waals surface area (Å²) in [6.45, 7) is 6.42. The second-order valence-electron chi connectivity index (χ2n) is 8.92. The summed E-state index contributed by atoms with van der Waals surface area (Å²) in [6, 6.07) is 25.3. The Bertz CT molecular complexity index is 1120. The van der Waals surface area contributed by atoms with Gasteiger partial charge in [-0.15, -0.1) is 0 Å². The molecule has 5 rings (SSSR count). The highest BCUT2D eigenvalue weighted by Crippen LogP contribution is 2.29. The molecule has 0 bridgehead atoms. The van der Waals surface area contributed by atoms with Crippen LogP contribution in [0.4, 0.5) is 5.69 Å². The van der Waals surface area contributed by atoms with Crippen LogP contribution in [0.15, 0.2) is 72.8 Å². The highest BCUT2D eigenvalue weighted by Gasteiger charge is 2.18. The van der Waals surface area contributed by atoms with Crippen LogP contribution >= 0.6 is 0 Å². The van der Waals surface area contributed by atoms with Crippen molar-refractivity contribution in [3.05, 3.63) is 72.8 Å². The normalized spacial score (nSPS) is 15.1. The molecule has 0 amide bonds. The van der Waals surface area contributed by atoms with Gasteiger partial charge in [0.05, 0.1) is 5.69 Å². The molecule has 32 heavy (non-hydrogen) atoms. The third-order valence-corrected chi connectivity index (χ3v) is 6.88. The highest BCUT2D eigenvalue weighted by atomic mass is 16.3. The van der Waals surface area contributed by atoms with Gasteiger partial charge in [-0.1, -0.05) is 61.4 Å². The van der Waals surface area contributed by atoms with Crippen molar-refractivity contribution in [2.75, 3.05) is 37.6 Å². The summed E-state index contributed by atoms with van der Waals surface area (Å²) >= 11 is 0. The standard InChI is InChI=1S/C28H33N3O/c32-28-16-8-7-15-27(28)30-21-19-29(20-22-30)17-9-1-2-10-18-31-25-13-5-3-11-23(25)24-12-4-6-14-26(24)31/h3-8,11-16,32H,1-2,9-10,17-22H2. The number of piperazine rings is 1. The molecule has 166 valence electrons. The summed E-state index contributed by atoms with van der Waals surface area (Å²) in [6.07, 6.45) is 5.06. The maximum Gasteiger partial charge on any atom is 0.138 e. The molecule has 4 nitrogen and oxygen atoms in total. The van der Waals surface area contributed by atoms with E-state index < -0.39 is 0 Å². The van der Waals surface area contributed by atoms with Crippen LogP contribution in [-0.4, -0.2) is 47.3 Å². The number of phenols is 1. The Labute approximate surface area is 190 Å². The fourth-order valence-electron chi connectivity index (χ4n) is 5.15. The number of anilines is 1. The molecule has 0 aliphatic carbocycles. The molecule has 0 saturated carbocycles. The quantitative estimate of drug-likeness (QED) is 0.356. The van der Waals surface area contributed by atoms with Gasteiger partial charge in [0.15, 0.2) is 0 Å². The maximum atomic E-state index is 10.1. The molecule has 0 unspecified atom stereocenters. The van der Waals surface area contributed by atoms with Crippen molar-refractivity contribution >= 4 is 27.5 Å². The number of para-hydroxylation sites is 4. The number of phenolic OH excluding ortho intramolecular Hbond substituents is 1. The van der Waals surface area contributed by atoms with E-state index in [-0.39, 0.29) is 0 Å². The molecule has 4 aromatic rings. The van der Waals surface area contributed by atoms with E-state index in [1.165, 1.54) is 54.0 Å². The number of hydrogen-bond acceptors (Lipinski definition) is 3. The van der Waals surface area contributed by atoms with Crippen LogP contribution in [0.25, 0.3) is 21.8 Å². The molecule has 1 aromatic heterocycles. The van der Waals surface area contributed by atoms with Crippen molar-refractivity contribution in [3.63, 3.8) is 0 Å². The van der Waals surface area contributed by atoms with E-state index in [1.54, 1.807) is 6.07 Å². The van der Waals surface area contributed by atoms with Gasteiger partial charge in [-0.25, -0.2) is 0 Å². The molecule has 0 atom stereocenters. The lowest BCUT2D eigenvalue weighted by molar-refractivity contribution is 0.251. The van der Waals surface area contributed by atoms with Gasteiger partial charge in [-0.05, 0) is 43.7 Å². The summed E-state index contributed by atoms with van der Waals surface area (Å²) in [5, 5.41) is 12.8. The Kier molecular flexibility index (Phi) is 6.31. The number of benzene rings is 3. The Morgan fingerprint density at radius 1 is 0.594 bits per heavy atom. The molecule has 4 heteroatoms. The average molecular weight is 428 g/mol. The number of aromatic nitrogens is 1. The van der Waals surface area contributed by atoms with Crippen LogP contribution in [0.1, 0.15) is 25.7 Å². The number of aromatic hydroxyl groups is 1. The zero-order valence-electron chi connectivity index (χ0n) is 18.8. The molecule has 0 radical (unpaired) electrons. The summed E-state index contributed by atoms with van der Waals surface area (Å²) in [5.41, 5.74) is 3.68. The van der Waals surface area contributed by atoms with E-state index in [9.17, 15) is 5.11 Å². The summed E-state index contributed by atoms with van der Waals surface area (Å²) in [4.78, 5) is 4.88. The van der Waals surface area contributed by atoms with E-state index in [4.69, 9.17) is 0 Å². The van der Waals surface area contributed by atoms with E-state index >= 15 is 0 Å². The van der Waals surface area contributed by atoms with Gasteiger partial charge in [0.2, 0.25) is 0 Å². The number of fused-ring (bicyclic) bond motifs is 3. The maximum absolute atomic E-state index is 10.1. The Morgan fingerprint density at radius 2 is 1.16 bits per heavy atom.